The Labute approximate surface area is 110 Å². The first-order chi connectivity index (χ1) is 8.06. The van der Waals surface area contributed by atoms with Crippen LogP contribution < -0.4 is 5.73 Å². The fraction of sp³-hybridized carbons (Fsp3) is 0.308. The zero-order valence-electron chi connectivity index (χ0n) is 10.00. The molecule has 0 saturated heterocycles. The molecule has 2 aromatic rings. The van der Waals surface area contributed by atoms with E-state index >= 15 is 0 Å². The lowest BCUT2D eigenvalue weighted by molar-refractivity contribution is 0.709. The Kier molecular flexibility index (Phi) is 3.64. The second kappa shape index (κ2) is 5.02. The summed E-state index contributed by atoms with van der Waals surface area (Å²) in [4.78, 5) is 7.89. The first-order valence-corrected chi connectivity index (χ1v) is 6.42. The number of halogens is 1. The van der Waals surface area contributed by atoms with Crippen molar-refractivity contribution in [2.75, 3.05) is 0 Å². The van der Waals surface area contributed by atoms with E-state index in [-0.39, 0.29) is 6.04 Å². The van der Waals surface area contributed by atoms with E-state index in [0.717, 1.165) is 33.7 Å². The van der Waals surface area contributed by atoms with Crippen LogP contribution in [0.1, 0.15) is 18.4 Å². The number of hydrogen-bond donors (Lipinski definition) is 2. The fourth-order valence-corrected chi connectivity index (χ4v) is 2.08. The minimum absolute atomic E-state index is 0.123. The van der Waals surface area contributed by atoms with Crippen LogP contribution in [0.4, 0.5) is 0 Å². The SMILES string of the molecule is Cc1[nH]c(CC(C)N)nc1-c1ccc(Br)cc1. The molecule has 4 heteroatoms. The number of nitrogens with one attached hydrogen (secondary N) is 1. The highest BCUT2D eigenvalue weighted by molar-refractivity contribution is 9.10. The first kappa shape index (κ1) is 12.3. The molecule has 0 amide bonds. The van der Waals surface area contributed by atoms with Crippen LogP contribution >= 0.6 is 15.9 Å². The Morgan fingerprint density at radius 3 is 2.59 bits per heavy atom. The van der Waals surface area contributed by atoms with Crippen LogP contribution in [-0.4, -0.2) is 16.0 Å². The molecule has 0 aliphatic heterocycles. The number of hydrogen-bond acceptors (Lipinski definition) is 2. The molecule has 3 N–H and O–H groups in total. The minimum Gasteiger partial charge on any atom is -0.346 e. The summed E-state index contributed by atoms with van der Waals surface area (Å²) in [6.45, 7) is 4.02. The first-order valence-electron chi connectivity index (χ1n) is 5.63. The van der Waals surface area contributed by atoms with Crippen LogP contribution in [0.25, 0.3) is 11.3 Å². The molecule has 0 fully saturated rings. The van der Waals surface area contributed by atoms with Gasteiger partial charge in [0.2, 0.25) is 0 Å². The summed E-state index contributed by atoms with van der Waals surface area (Å²) < 4.78 is 1.07. The molecule has 1 aromatic carbocycles. The molecule has 3 nitrogen and oxygen atoms in total. The van der Waals surface area contributed by atoms with Crippen molar-refractivity contribution in [3.8, 4) is 11.3 Å². The molecule has 2 rings (SSSR count). The van der Waals surface area contributed by atoms with E-state index < -0.39 is 0 Å². The predicted octanol–water partition coefficient (Wildman–Crippen LogP) is 3.04. The molecule has 0 radical (unpaired) electrons. The average molecular weight is 294 g/mol. The zero-order chi connectivity index (χ0) is 12.4. The lowest BCUT2D eigenvalue weighted by Crippen LogP contribution is -2.18. The molecule has 1 aromatic heterocycles. The third-order valence-corrected chi connectivity index (χ3v) is 3.10. The van der Waals surface area contributed by atoms with Gasteiger partial charge in [0, 0.05) is 28.2 Å². The molecule has 90 valence electrons. The fourth-order valence-electron chi connectivity index (χ4n) is 1.81. The van der Waals surface area contributed by atoms with Crippen LogP contribution in [0.3, 0.4) is 0 Å². The van der Waals surface area contributed by atoms with E-state index in [0.29, 0.717) is 0 Å². The lowest BCUT2D eigenvalue weighted by Gasteiger charge is -2.00. The van der Waals surface area contributed by atoms with Crippen LogP contribution in [0.5, 0.6) is 0 Å². The largest absolute Gasteiger partial charge is 0.346 e. The number of aryl methyl sites for hydroxylation is 1. The Balaban J connectivity index is 2.32. The van der Waals surface area contributed by atoms with E-state index in [4.69, 9.17) is 5.73 Å². The summed E-state index contributed by atoms with van der Waals surface area (Å²) in [7, 11) is 0. The van der Waals surface area contributed by atoms with Crippen LogP contribution in [0, 0.1) is 6.92 Å². The van der Waals surface area contributed by atoms with Crippen molar-refractivity contribution in [1.82, 2.24) is 9.97 Å². The van der Waals surface area contributed by atoms with Crippen molar-refractivity contribution in [1.29, 1.82) is 0 Å². The van der Waals surface area contributed by atoms with Gasteiger partial charge >= 0.3 is 0 Å². The van der Waals surface area contributed by atoms with Crippen molar-refractivity contribution in [2.45, 2.75) is 26.3 Å². The van der Waals surface area contributed by atoms with Gasteiger partial charge in [-0.25, -0.2) is 4.98 Å². The maximum atomic E-state index is 5.78. The van der Waals surface area contributed by atoms with Gasteiger partial charge in [-0.05, 0) is 26.0 Å². The number of aromatic amines is 1. The highest BCUT2D eigenvalue weighted by Crippen LogP contribution is 2.23. The van der Waals surface area contributed by atoms with Crippen molar-refractivity contribution < 1.29 is 0 Å². The number of benzene rings is 1. The van der Waals surface area contributed by atoms with Crippen molar-refractivity contribution in [2.24, 2.45) is 5.73 Å². The maximum Gasteiger partial charge on any atom is 0.108 e. The zero-order valence-corrected chi connectivity index (χ0v) is 11.6. The van der Waals surface area contributed by atoms with E-state index in [2.05, 4.69) is 38.0 Å². The lowest BCUT2D eigenvalue weighted by atomic mass is 10.1. The third-order valence-electron chi connectivity index (χ3n) is 2.57. The van der Waals surface area contributed by atoms with Crippen LogP contribution in [0.2, 0.25) is 0 Å². The topological polar surface area (TPSA) is 54.7 Å². The van der Waals surface area contributed by atoms with Gasteiger partial charge in [-0.15, -0.1) is 0 Å². The smallest absolute Gasteiger partial charge is 0.108 e. The molecule has 1 unspecified atom stereocenters. The Hall–Kier alpha value is -1.13. The predicted molar refractivity (Wildman–Crippen MR) is 73.8 cm³/mol. The number of aromatic nitrogens is 2. The molecule has 0 saturated carbocycles. The van der Waals surface area contributed by atoms with E-state index in [1.165, 1.54) is 0 Å². The summed E-state index contributed by atoms with van der Waals surface area (Å²) in [6, 6.07) is 8.29. The second-order valence-corrected chi connectivity index (χ2v) is 5.26. The monoisotopic (exact) mass is 293 g/mol. The van der Waals surface area contributed by atoms with Gasteiger partial charge in [0.15, 0.2) is 0 Å². The number of imidazole rings is 1. The number of rotatable bonds is 3. The molecular formula is C13H16BrN3. The van der Waals surface area contributed by atoms with E-state index in [1.54, 1.807) is 0 Å². The summed E-state index contributed by atoms with van der Waals surface area (Å²) in [5, 5.41) is 0. The highest BCUT2D eigenvalue weighted by atomic mass is 79.9. The van der Waals surface area contributed by atoms with Gasteiger partial charge in [0.1, 0.15) is 5.82 Å². The molecular weight excluding hydrogens is 278 g/mol. The van der Waals surface area contributed by atoms with Gasteiger partial charge in [0.05, 0.1) is 5.69 Å². The maximum absolute atomic E-state index is 5.78. The summed E-state index contributed by atoms with van der Waals surface area (Å²) in [5.74, 6) is 0.954. The Bertz CT molecular complexity index is 500. The molecule has 0 aliphatic carbocycles. The number of nitrogens with zero attached hydrogens (tertiary/aromatic N) is 1. The quantitative estimate of drug-likeness (QED) is 0.914. The molecule has 1 atom stereocenters. The van der Waals surface area contributed by atoms with Crippen LogP contribution in [-0.2, 0) is 6.42 Å². The number of nitrogens with two attached hydrogens (primary N) is 1. The Morgan fingerprint density at radius 2 is 2.00 bits per heavy atom. The molecule has 0 bridgehead atoms. The van der Waals surface area contributed by atoms with Gasteiger partial charge in [-0.1, -0.05) is 28.1 Å². The normalized spacial score (nSPS) is 12.7. The average Bonchev–Trinajstić information content (AvgIpc) is 2.59. The second-order valence-electron chi connectivity index (χ2n) is 4.35. The Morgan fingerprint density at radius 1 is 1.35 bits per heavy atom. The van der Waals surface area contributed by atoms with Crippen LogP contribution in [0.15, 0.2) is 28.7 Å². The molecule has 1 heterocycles. The van der Waals surface area contributed by atoms with Gasteiger partial charge < -0.3 is 10.7 Å². The summed E-state index contributed by atoms with van der Waals surface area (Å²) in [6.07, 6.45) is 0.775. The van der Waals surface area contributed by atoms with Gasteiger partial charge in [-0.3, -0.25) is 0 Å². The summed E-state index contributed by atoms with van der Waals surface area (Å²) >= 11 is 3.43. The van der Waals surface area contributed by atoms with Crippen molar-refractivity contribution in [3.05, 3.63) is 40.3 Å². The minimum atomic E-state index is 0.123. The van der Waals surface area contributed by atoms with E-state index in [1.807, 2.05) is 26.0 Å². The highest BCUT2D eigenvalue weighted by Gasteiger charge is 2.09. The van der Waals surface area contributed by atoms with Crippen molar-refractivity contribution in [3.63, 3.8) is 0 Å². The molecule has 0 spiro atoms. The van der Waals surface area contributed by atoms with Gasteiger partial charge in [-0.2, -0.15) is 0 Å². The third kappa shape index (κ3) is 2.96. The standard InChI is InChI=1S/C13H16BrN3/c1-8(15)7-12-16-9(2)13(17-12)10-3-5-11(14)6-4-10/h3-6,8H,7,15H2,1-2H3,(H,16,17). The van der Waals surface area contributed by atoms with Gasteiger partial charge in [0.25, 0.3) is 0 Å². The van der Waals surface area contributed by atoms with E-state index in [9.17, 15) is 0 Å². The molecule has 0 aliphatic rings. The molecule has 17 heavy (non-hydrogen) atoms. The summed E-state index contributed by atoms with van der Waals surface area (Å²) in [5.41, 5.74) is 8.99. The van der Waals surface area contributed by atoms with Crippen molar-refractivity contribution >= 4 is 15.9 Å². The number of H-pyrrole nitrogens is 1.